The van der Waals surface area contributed by atoms with Crippen molar-refractivity contribution in [1.29, 1.82) is 0 Å². The van der Waals surface area contributed by atoms with Gasteiger partial charge < -0.3 is 9.88 Å². The minimum atomic E-state index is 0.563. The quantitative estimate of drug-likeness (QED) is 0.804. The van der Waals surface area contributed by atoms with E-state index in [0.717, 1.165) is 13.1 Å². The van der Waals surface area contributed by atoms with E-state index in [1.807, 2.05) is 6.20 Å². The number of nitrogens with zero attached hydrogens (tertiary/aromatic N) is 2. The Balaban J connectivity index is 2.20. The van der Waals surface area contributed by atoms with Crippen LogP contribution in [0.25, 0.3) is 0 Å². The van der Waals surface area contributed by atoms with E-state index in [9.17, 15) is 0 Å². The van der Waals surface area contributed by atoms with Gasteiger partial charge in [0.1, 0.15) is 5.82 Å². The molecule has 15 heavy (non-hydrogen) atoms. The van der Waals surface area contributed by atoms with Crippen molar-refractivity contribution >= 4 is 0 Å². The molecule has 1 N–H and O–H groups in total. The van der Waals surface area contributed by atoms with Crippen molar-refractivity contribution < 1.29 is 0 Å². The fourth-order valence-corrected chi connectivity index (χ4v) is 2.43. The third-order valence-electron chi connectivity index (χ3n) is 3.31. The highest BCUT2D eigenvalue weighted by molar-refractivity contribution is 5.12. The summed E-state index contributed by atoms with van der Waals surface area (Å²) in [5.74, 6) is 2.43. The summed E-state index contributed by atoms with van der Waals surface area (Å²) in [5.41, 5.74) is 1.34. The normalized spacial score (nSPS) is 22.3. The molecular formula is C12H21N3. The van der Waals surface area contributed by atoms with E-state index in [1.165, 1.54) is 24.4 Å². The summed E-state index contributed by atoms with van der Waals surface area (Å²) in [6, 6.07) is 0. The van der Waals surface area contributed by atoms with Crippen molar-refractivity contribution in [2.24, 2.45) is 7.05 Å². The predicted molar refractivity (Wildman–Crippen MR) is 62.1 cm³/mol. The van der Waals surface area contributed by atoms with E-state index >= 15 is 0 Å². The van der Waals surface area contributed by atoms with Gasteiger partial charge in [-0.05, 0) is 25.3 Å². The van der Waals surface area contributed by atoms with E-state index in [2.05, 4.69) is 35.8 Å². The van der Waals surface area contributed by atoms with Crippen LogP contribution in [0.2, 0.25) is 0 Å². The highest BCUT2D eigenvalue weighted by Gasteiger charge is 2.20. The highest BCUT2D eigenvalue weighted by Crippen LogP contribution is 2.24. The van der Waals surface area contributed by atoms with Gasteiger partial charge in [0.25, 0.3) is 0 Å². The lowest BCUT2D eigenvalue weighted by Crippen LogP contribution is -2.29. The number of rotatable bonds is 2. The second kappa shape index (κ2) is 4.35. The van der Waals surface area contributed by atoms with Gasteiger partial charge in [0, 0.05) is 31.4 Å². The largest absolute Gasteiger partial charge is 0.335 e. The van der Waals surface area contributed by atoms with Crippen LogP contribution in [0.15, 0.2) is 6.20 Å². The van der Waals surface area contributed by atoms with E-state index in [1.54, 1.807) is 0 Å². The van der Waals surface area contributed by atoms with Gasteiger partial charge in [0.2, 0.25) is 0 Å². The molecule has 0 aliphatic carbocycles. The molecule has 2 rings (SSSR count). The lowest BCUT2D eigenvalue weighted by molar-refractivity contribution is 0.437. The van der Waals surface area contributed by atoms with Crippen LogP contribution in [0.5, 0.6) is 0 Å². The van der Waals surface area contributed by atoms with E-state index in [0.29, 0.717) is 11.8 Å². The summed E-state index contributed by atoms with van der Waals surface area (Å²) in [6.07, 6.45) is 4.58. The van der Waals surface area contributed by atoms with Crippen LogP contribution < -0.4 is 5.32 Å². The molecule has 1 atom stereocenters. The summed E-state index contributed by atoms with van der Waals surface area (Å²) in [6.45, 7) is 6.69. The molecule has 84 valence electrons. The van der Waals surface area contributed by atoms with Gasteiger partial charge in [0.05, 0.1) is 0 Å². The van der Waals surface area contributed by atoms with Crippen LogP contribution in [-0.4, -0.2) is 22.6 Å². The molecule has 1 aromatic rings. The topological polar surface area (TPSA) is 29.9 Å². The standard InChI is InChI=1S/C12H21N3/c1-9(2)11-8-14-12(15(11)3)10-5-4-6-13-7-10/h8-10,13H,4-7H2,1-3H3. The SMILES string of the molecule is CC(C)c1cnc(C2CCCNC2)n1C. The molecule has 3 nitrogen and oxygen atoms in total. The van der Waals surface area contributed by atoms with Crippen LogP contribution in [0.4, 0.5) is 0 Å². The Labute approximate surface area is 91.9 Å². The predicted octanol–water partition coefficient (Wildman–Crippen LogP) is 2.01. The zero-order chi connectivity index (χ0) is 10.8. The average Bonchev–Trinajstić information content (AvgIpc) is 2.61. The third kappa shape index (κ3) is 2.07. The molecule has 3 heteroatoms. The van der Waals surface area contributed by atoms with E-state index in [4.69, 9.17) is 0 Å². The lowest BCUT2D eigenvalue weighted by Gasteiger charge is -2.22. The Kier molecular flexibility index (Phi) is 3.10. The number of nitrogens with one attached hydrogen (secondary N) is 1. The summed E-state index contributed by atoms with van der Waals surface area (Å²) in [7, 11) is 2.15. The lowest BCUT2D eigenvalue weighted by atomic mass is 9.99. The van der Waals surface area contributed by atoms with E-state index in [-0.39, 0.29) is 0 Å². The Morgan fingerprint density at radius 1 is 1.53 bits per heavy atom. The first-order valence-corrected chi connectivity index (χ1v) is 5.92. The zero-order valence-corrected chi connectivity index (χ0v) is 9.95. The summed E-state index contributed by atoms with van der Waals surface area (Å²) in [5, 5.41) is 3.45. The molecule has 0 amide bonds. The van der Waals surface area contributed by atoms with Crippen molar-refractivity contribution in [3.8, 4) is 0 Å². The Morgan fingerprint density at radius 2 is 2.33 bits per heavy atom. The molecule has 1 saturated heterocycles. The number of hydrogen-bond acceptors (Lipinski definition) is 2. The highest BCUT2D eigenvalue weighted by atomic mass is 15.1. The first-order chi connectivity index (χ1) is 7.20. The molecule has 0 radical (unpaired) electrons. The van der Waals surface area contributed by atoms with Gasteiger partial charge in [0.15, 0.2) is 0 Å². The summed E-state index contributed by atoms with van der Waals surface area (Å²) in [4.78, 5) is 4.58. The second-order valence-electron chi connectivity index (χ2n) is 4.80. The third-order valence-corrected chi connectivity index (χ3v) is 3.31. The van der Waals surface area contributed by atoms with Crippen LogP contribution in [-0.2, 0) is 7.05 Å². The molecule has 1 aromatic heterocycles. The van der Waals surface area contributed by atoms with Crippen molar-refractivity contribution in [3.05, 3.63) is 17.7 Å². The van der Waals surface area contributed by atoms with Crippen molar-refractivity contribution in [1.82, 2.24) is 14.9 Å². The van der Waals surface area contributed by atoms with Crippen molar-refractivity contribution in [2.45, 2.75) is 38.5 Å². The van der Waals surface area contributed by atoms with Crippen LogP contribution in [0.3, 0.4) is 0 Å². The first kappa shape index (κ1) is 10.7. The number of hydrogen-bond donors (Lipinski definition) is 1. The van der Waals surface area contributed by atoms with Gasteiger partial charge in [-0.2, -0.15) is 0 Å². The van der Waals surface area contributed by atoms with Gasteiger partial charge in [-0.25, -0.2) is 4.98 Å². The monoisotopic (exact) mass is 207 g/mol. The minimum absolute atomic E-state index is 0.563. The van der Waals surface area contributed by atoms with Gasteiger partial charge in [-0.3, -0.25) is 0 Å². The zero-order valence-electron chi connectivity index (χ0n) is 9.95. The Morgan fingerprint density at radius 3 is 2.87 bits per heavy atom. The number of piperidine rings is 1. The molecule has 1 aliphatic rings. The molecule has 0 bridgehead atoms. The maximum Gasteiger partial charge on any atom is 0.113 e. The maximum absolute atomic E-state index is 4.58. The fraction of sp³-hybridized carbons (Fsp3) is 0.750. The average molecular weight is 207 g/mol. The van der Waals surface area contributed by atoms with Crippen molar-refractivity contribution in [3.63, 3.8) is 0 Å². The van der Waals surface area contributed by atoms with Gasteiger partial charge in [-0.1, -0.05) is 13.8 Å². The molecule has 0 aromatic carbocycles. The number of aromatic nitrogens is 2. The molecule has 1 unspecified atom stereocenters. The van der Waals surface area contributed by atoms with Gasteiger partial charge >= 0.3 is 0 Å². The smallest absolute Gasteiger partial charge is 0.113 e. The van der Waals surface area contributed by atoms with Crippen LogP contribution >= 0.6 is 0 Å². The Bertz CT molecular complexity index is 322. The number of imidazole rings is 1. The molecule has 1 aliphatic heterocycles. The second-order valence-corrected chi connectivity index (χ2v) is 4.80. The minimum Gasteiger partial charge on any atom is -0.335 e. The molecular weight excluding hydrogens is 186 g/mol. The summed E-state index contributed by atoms with van der Waals surface area (Å²) >= 11 is 0. The fourth-order valence-electron chi connectivity index (χ4n) is 2.43. The van der Waals surface area contributed by atoms with Crippen LogP contribution in [0, 0.1) is 0 Å². The summed E-state index contributed by atoms with van der Waals surface area (Å²) < 4.78 is 2.28. The molecule has 2 heterocycles. The molecule has 1 fully saturated rings. The van der Waals surface area contributed by atoms with Gasteiger partial charge in [-0.15, -0.1) is 0 Å². The molecule has 0 spiro atoms. The molecule has 0 saturated carbocycles. The van der Waals surface area contributed by atoms with Crippen molar-refractivity contribution in [2.75, 3.05) is 13.1 Å². The van der Waals surface area contributed by atoms with E-state index < -0.39 is 0 Å². The first-order valence-electron chi connectivity index (χ1n) is 5.92. The maximum atomic E-state index is 4.58. The van der Waals surface area contributed by atoms with Crippen LogP contribution in [0.1, 0.15) is 50.0 Å². The Hall–Kier alpha value is -0.830.